The molecule has 0 fully saturated rings. The van der Waals surface area contributed by atoms with Crippen molar-refractivity contribution in [1.82, 2.24) is 15.5 Å². The summed E-state index contributed by atoms with van der Waals surface area (Å²) in [5.74, 6) is 1.01. The fourth-order valence-electron chi connectivity index (χ4n) is 3.46. The lowest BCUT2D eigenvalue weighted by Crippen LogP contribution is -2.39. The highest BCUT2D eigenvalue weighted by Crippen LogP contribution is 2.30. The van der Waals surface area contributed by atoms with Crippen molar-refractivity contribution in [2.24, 2.45) is 0 Å². The van der Waals surface area contributed by atoms with Crippen molar-refractivity contribution < 1.29 is 28.3 Å². The molecule has 4 aromatic rings. The molecule has 0 aliphatic rings. The van der Waals surface area contributed by atoms with Crippen LogP contribution in [0.25, 0.3) is 22.8 Å². The van der Waals surface area contributed by atoms with Gasteiger partial charge in [-0.05, 0) is 54.1 Å². The number of hydrogen-bond donors (Lipinski definition) is 1. The summed E-state index contributed by atoms with van der Waals surface area (Å²) in [7, 11) is 2.51. The molecular weight excluding hydrogens is 498 g/mol. The zero-order chi connectivity index (χ0) is 26.2. The molecular formula is C27H24ClN3O6. The van der Waals surface area contributed by atoms with Gasteiger partial charge in [0.25, 0.3) is 5.89 Å². The Bertz CT molecular complexity index is 1360. The molecule has 0 saturated carbocycles. The van der Waals surface area contributed by atoms with Gasteiger partial charge >= 0.3 is 11.9 Å². The van der Waals surface area contributed by atoms with Gasteiger partial charge in [0.05, 0.1) is 25.7 Å². The predicted octanol–water partition coefficient (Wildman–Crippen LogP) is 5.04. The summed E-state index contributed by atoms with van der Waals surface area (Å²) in [6.07, 6.45) is -0.153. The van der Waals surface area contributed by atoms with Gasteiger partial charge in [-0.2, -0.15) is 4.98 Å². The van der Waals surface area contributed by atoms with Gasteiger partial charge < -0.3 is 18.7 Å². The van der Waals surface area contributed by atoms with Crippen molar-refractivity contribution in [3.05, 3.63) is 83.4 Å². The number of carbonyl (C=O) groups excluding carboxylic acids is 2. The van der Waals surface area contributed by atoms with Crippen LogP contribution in [0, 0.1) is 0 Å². The van der Waals surface area contributed by atoms with Crippen LogP contribution in [-0.2, 0) is 25.6 Å². The van der Waals surface area contributed by atoms with Gasteiger partial charge in [-0.25, -0.2) is 0 Å². The number of para-hydroxylation sites is 1. The first kappa shape index (κ1) is 25.9. The van der Waals surface area contributed by atoms with Gasteiger partial charge in [-0.1, -0.05) is 41.0 Å². The Morgan fingerprint density at radius 2 is 1.70 bits per heavy atom. The molecule has 10 heteroatoms. The summed E-state index contributed by atoms with van der Waals surface area (Å²) in [5.41, 5.74) is 2.10. The fraction of sp³-hybridized carbons (Fsp3) is 0.185. The van der Waals surface area contributed by atoms with Gasteiger partial charge in [0.15, 0.2) is 0 Å². The molecule has 9 nitrogen and oxygen atoms in total. The van der Waals surface area contributed by atoms with Crippen LogP contribution in [0.3, 0.4) is 0 Å². The van der Waals surface area contributed by atoms with E-state index in [0.29, 0.717) is 28.1 Å². The van der Waals surface area contributed by atoms with E-state index in [1.165, 1.54) is 14.2 Å². The van der Waals surface area contributed by atoms with Crippen LogP contribution in [0.4, 0.5) is 0 Å². The third-order valence-electron chi connectivity index (χ3n) is 5.42. The second-order valence-electron chi connectivity index (χ2n) is 7.91. The normalized spacial score (nSPS) is 11.5. The Kier molecular flexibility index (Phi) is 8.50. The zero-order valence-electron chi connectivity index (χ0n) is 20.1. The molecule has 0 bridgehead atoms. The lowest BCUT2D eigenvalue weighted by molar-refractivity contribution is -0.149. The van der Waals surface area contributed by atoms with Crippen molar-refractivity contribution in [3.63, 3.8) is 0 Å². The molecule has 37 heavy (non-hydrogen) atoms. The molecule has 1 heterocycles. The Labute approximate surface area is 218 Å². The van der Waals surface area contributed by atoms with Crippen molar-refractivity contribution in [1.29, 1.82) is 0 Å². The minimum atomic E-state index is -0.847. The second kappa shape index (κ2) is 12.2. The number of ether oxygens (including phenoxy) is 3. The standard InChI is InChI=1S/C27H24ClN3O6/c1-34-24(32)15-23(27(33)35-2)29-16-17-8-13-21(22(28)14-17)25-30-26(37-31-25)18-9-11-20(12-10-18)36-19-6-4-3-5-7-19/h3-14,23,29H,15-16H2,1-2H3/t23-/m0/s1. The highest BCUT2D eigenvalue weighted by atomic mass is 35.5. The second-order valence-corrected chi connectivity index (χ2v) is 8.32. The van der Waals surface area contributed by atoms with E-state index in [9.17, 15) is 9.59 Å². The number of nitrogens with zero attached hydrogens (tertiary/aromatic N) is 2. The first-order chi connectivity index (χ1) is 18.0. The monoisotopic (exact) mass is 521 g/mol. The van der Waals surface area contributed by atoms with Crippen LogP contribution >= 0.6 is 11.6 Å². The van der Waals surface area contributed by atoms with Gasteiger partial charge in [-0.3, -0.25) is 14.9 Å². The van der Waals surface area contributed by atoms with Crippen molar-refractivity contribution >= 4 is 23.5 Å². The minimum absolute atomic E-state index is 0.153. The van der Waals surface area contributed by atoms with Crippen LogP contribution in [0.1, 0.15) is 12.0 Å². The van der Waals surface area contributed by atoms with Crippen LogP contribution < -0.4 is 10.1 Å². The molecule has 4 rings (SSSR count). The predicted molar refractivity (Wildman–Crippen MR) is 136 cm³/mol. The molecule has 0 radical (unpaired) electrons. The summed E-state index contributed by atoms with van der Waals surface area (Å²) in [6.45, 7) is 0.270. The summed E-state index contributed by atoms with van der Waals surface area (Å²) < 4.78 is 20.6. The number of rotatable bonds is 10. The largest absolute Gasteiger partial charge is 0.469 e. The van der Waals surface area contributed by atoms with Crippen LogP contribution in [0.2, 0.25) is 5.02 Å². The van der Waals surface area contributed by atoms with E-state index in [2.05, 4.69) is 20.2 Å². The topological polar surface area (TPSA) is 113 Å². The molecule has 0 saturated heterocycles. The molecule has 190 valence electrons. The highest BCUT2D eigenvalue weighted by Gasteiger charge is 2.23. The fourth-order valence-corrected chi connectivity index (χ4v) is 3.75. The Morgan fingerprint density at radius 1 is 0.973 bits per heavy atom. The third kappa shape index (κ3) is 6.72. The first-order valence-corrected chi connectivity index (χ1v) is 11.7. The average molecular weight is 522 g/mol. The number of methoxy groups -OCH3 is 2. The van der Waals surface area contributed by atoms with E-state index in [4.69, 9.17) is 25.6 Å². The molecule has 0 aliphatic heterocycles. The maximum Gasteiger partial charge on any atom is 0.323 e. The van der Waals surface area contributed by atoms with E-state index in [1.54, 1.807) is 12.1 Å². The maximum atomic E-state index is 12.0. The quantitative estimate of drug-likeness (QED) is 0.286. The number of nitrogens with one attached hydrogen (secondary N) is 1. The molecule has 1 N–H and O–H groups in total. The number of aromatic nitrogens is 2. The van der Waals surface area contributed by atoms with Gasteiger partial charge in [-0.15, -0.1) is 0 Å². The maximum absolute atomic E-state index is 12.0. The highest BCUT2D eigenvalue weighted by molar-refractivity contribution is 6.33. The molecule has 1 aromatic heterocycles. The molecule has 0 unspecified atom stereocenters. The van der Waals surface area contributed by atoms with Crippen molar-refractivity contribution in [2.45, 2.75) is 19.0 Å². The zero-order valence-corrected chi connectivity index (χ0v) is 20.9. The number of benzene rings is 3. The van der Waals surface area contributed by atoms with Gasteiger partial charge in [0.1, 0.15) is 17.5 Å². The SMILES string of the molecule is COC(=O)C[C@H](NCc1ccc(-c2noc(-c3ccc(Oc4ccccc4)cc3)n2)c(Cl)c1)C(=O)OC. The summed E-state index contributed by atoms with van der Waals surface area (Å²) in [4.78, 5) is 28.0. The first-order valence-electron chi connectivity index (χ1n) is 11.3. The number of halogens is 1. The number of esters is 2. The van der Waals surface area contributed by atoms with Crippen molar-refractivity contribution in [3.8, 4) is 34.3 Å². The van der Waals surface area contributed by atoms with Gasteiger partial charge in [0, 0.05) is 17.7 Å². The van der Waals surface area contributed by atoms with E-state index in [1.807, 2.05) is 60.7 Å². The number of hydrogen-bond acceptors (Lipinski definition) is 9. The summed E-state index contributed by atoms with van der Waals surface area (Å²) >= 11 is 6.50. The average Bonchev–Trinajstić information content (AvgIpc) is 3.41. The lowest BCUT2D eigenvalue weighted by Gasteiger charge is -2.15. The lowest BCUT2D eigenvalue weighted by atomic mass is 10.1. The Hall–Kier alpha value is -4.21. The minimum Gasteiger partial charge on any atom is -0.469 e. The molecule has 0 spiro atoms. The smallest absolute Gasteiger partial charge is 0.323 e. The van der Waals surface area contributed by atoms with E-state index >= 15 is 0 Å². The van der Waals surface area contributed by atoms with E-state index < -0.39 is 18.0 Å². The van der Waals surface area contributed by atoms with Crippen LogP contribution in [0.5, 0.6) is 11.5 Å². The Balaban J connectivity index is 1.42. The molecule has 0 aliphatic carbocycles. The van der Waals surface area contributed by atoms with Crippen LogP contribution in [0.15, 0.2) is 77.3 Å². The summed E-state index contributed by atoms with van der Waals surface area (Å²) in [6, 6.07) is 21.2. The van der Waals surface area contributed by atoms with Crippen LogP contribution in [-0.4, -0.2) is 42.3 Å². The molecule has 3 aromatic carbocycles. The molecule has 1 atom stereocenters. The Morgan fingerprint density at radius 3 is 2.38 bits per heavy atom. The van der Waals surface area contributed by atoms with E-state index in [-0.39, 0.29) is 13.0 Å². The van der Waals surface area contributed by atoms with Gasteiger partial charge in [0.2, 0.25) is 5.82 Å². The molecule has 0 amide bonds. The van der Waals surface area contributed by atoms with E-state index in [0.717, 1.165) is 16.9 Å². The number of carbonyl (C=O) groups is 2. The third-order valence-corrected chi connectivity index (χ3v) is 5.73. The van der Waals surface area contributed by atoms with Crippen molar-refractivity contribution in [2.75, 3.05) is 14.2 Å². The summed E-state index contributed by atoms with van der Waals surface area (Å²) in [5, 5.41) is 7.46.